The Morgan fingerprint density at radius 2 is 0.782 bits per heavy atom. The van der Waals surface area contributed by atoms with Gasteiger partial charge in [-0.1, -0.05) is 168 Å². The first-order valence-corrected chi connectivity index (χ1v) is 26.3. The molecule has 4 heterocycles. The van der Waals surface area contributed by atoms with Crippen LogP contribution in [0.4, 0.5) is 26.3 Å². The first-order chi connectivity index (χ1) is 37.6. The van der Waals surface area contributed by atoms with Crippen LogP contribution in [0, 0.1) is 0 Å². The summed E-state index contributed by atoms with van der Waals surface area (Å²) in [7, 11) is 0. The number of rotatable bonds is 14. The lowest BCUT2D eigenvalue weighted by atomic mass is 10.0. The minimum Gasteiger partial charge on any atom is -0.297 e. The van der Waals surface area contributed by atoms with Crippen molar-refractivity contribution in [3.05, 3.63) is 223 Å². The molecular formula is C56H50Cl4F6N12. The van der Waals surface area contributed by atoms with Crippen molar-refractivity contribution < 1.29 is 26.3 Å². The highest BCUT2D eigenvalue weighted by atomic mass is 35.5. The lowest BCUT2D eigenvalue weighted by Crippen LogP contribution is -2.48. The van der Waals surface area contributed by atoms with Crippen LogP contribution in [-0.4, -0.2) is 125 Å². The van der Waals surface area contributed by atoms with Gasteiger partial charge >= 0.3 is 12.4 Å². The Morgan fingerprint density at radius 3 is 1.13 bits per heavy atom. The maximum Gasteiger partial charge on any atom is 0.416 e. The summed E-state index contributed by atoms with van der Waals surface area (Å²) in [6.07, 6.45) is -0.562. The van der Waals surface area contributed by atoms with E-state index in [4.69, 9.17) is 46.4 Å². The Kier molecular flexibility index (Phi) is 18.4. The Bertz CT molecular complexity index is 3040. The SMILES string of the molecule is FC(F)(F)c1cccc([C@@H](c2nnnn2-c2c(Cl)cccc2Cl)N2CCN(C/C=C/c3ccccc3)CC2)c1.FC(F)(F)c1cccc([C@H](c2nnnn2-c2c(Cl)cccc2Cl)N2CCN(C/C=C/c3ccccc3)CC2)c1. The summed E-state index contributed by atoms with van der Waals surface area (Å²) in [4.78, 5) is 8.79. The average molecular weight is 1150 g/mol. The van der Waals surface area contributed by atoms with E-state index in [0.717, 1.165) is 74.7 Å². The summed E-state index contributed by atoms with van der Waals surface area (Å²) in [6, 6.07) is 39.5. The van der Waals surface area contributed by atoms with Crippen LogP contribution in [0.25, 0.3) is 23.5 Å². The molecule has 0 N–H and O–H groups in total. The second-order valence-electron chi connectivity index (χ2n) is 18.4. The summed E-state index contributed by atoms with van der Waals surface area (Å²) >= 11 is 25.8. The zero-order chi connectivity index (χ0) is 54.8. The normalized spacial score (nSPS) is 16.1. The molecule has 8 aromatic rings. The van der Waals surface area contributed by atoms with Crippen LogP contribution >= 0.6 is 46.4 Å². The van der Waals surface area contributed by atoms with Crippen molar-refractivity contribution in [2.45, 2.75) is 24.4 Å². The van der Waals surface area contributed by atoms with Crippen molar-refractivity contribution >= 4 is 58.6 Å². The molecule has 2 aliphatic rings. The number of alkyl halides is 6. The van der Waals surface area contributed by atoms with E-state index in [9.17, 15) is 26.3 Å². The average Bonchev–Trinajstić information content (AvgIpc) is 4.19. The molecule has 2 atom stereocenters. The Hall–Kier alpha value is -6.48. The first kappa shape index (κ1) is 56.2. The van der Waals surface area contributed by atoms with Crippen molar-refractivity contribution in [1.82, 2.24) is 60.0 Å². The van der Waals surface area contributed by atoms with E-state index in [-0.39, 0.29) is 0 Å². The van der Waals surface area contributed by atoms with E-state index in [0.29, 0.717) is 80.4 Å². The molecule has 0 radical (unpaired) electrons. The van der Waals surface area contributed by atoms with E-state index in [1.54, 1.807) is 48.5 Å². The van der Waals surface area contributed by atoms with Gasteiger partial charge in [0.15, 0.2) is 11.6 Å². The van der Waals surface area contributed by atoms with E-state index in [1.165, 1.54) is 21.5 Å². The van der Waals surface area contributed by atoms with E-state index in [1.807, 2.05) is 60.7 Å². The van der Waals surface area contributed by atoms with Gasteiger partial charge in [0, 0.05) is 65.4 Å². The highest BCUT2D eigenvalue weighted by Gasteiger charge is 2.37. The molecule has 0 bridgehead atoms. The highest BCUT2D eigenvalue weighted by Crippen LogP contribution is 2.39. The number of nitrogens with zero attached hydrogens (tertiary/aromatic N) is 12. The summed E-state index contributed by atoms with van der Waals surface area (Å²) in [5, 5.41) is 25.8. The van der Waals surface area contributed by atoms with Gasteiger partial charge in [-0.25, -0.2) is 0 Å². The van der Waals surface area contributed by atoms with Gasteiger partial charge in [-0.2, -0.15) is 35.7 Å². The largest absolute Gasteiger partial charge is 0.416 e. The fourth-order valence-electron chi connectivity index (χ4n) is 9.46. The summed E-state index contributed by atoms with van der Waals surface area (Å²) in [6.45, 7) is 6.84. The third-order valence-corrected chi connectivity index (χ3v) is 14.5. The lowest BCUT2D eigenvalue weighted by Gasteiger charge is -2.38. The molecule has 0 amide bonds. The predicted molar refractivity (Wildman–Crippen MR) is 292 cm³/mol. The molecule has 2 aliphatic heterocycles. The number of halogens is 10. The summed E-state index contributed by atoms with van der Waals surface area (Å²) in [5.74, 6) is 0.670. The number of aromatic nitrogens is 8. The number of para-hydroxylation sites is 2. The molecule has 0 saturated carbocycles. The first-order valence-electron chi connectivity index (χ1n) is 24.8. The third kappa shape index (κ3) is 13.8. The van der Waals surface area contributed by atoms with Crippen molar-refractivity contribution in [3.8, 4) is 11.4 Å². The zero-order valence-electron chi connectivity index (χ0n) is 41.5. The van der Waals surface area contributed by atoms with Gasteiger partial charge in [-0.15, -0.1) is 10.2 Å². The standard InChI is InChI=1S/2C28H25Cl2F3N6/c2*29-23-12-5-13-24(30)26(23)39-27(34-35-36-39)25(21-10-4-11-22(19-21)28(31,32)33)38-17-15-37(16-18-38)14-6-9-20-7-2-1-3-8-20/h2*1-13,19,25H,14-18H2/b2*9-6+/t2*25-/m10/s1. The minimum atomic E-state index is -4.48. The molecule has 12 nitrogen and oxygen atoms in total. The Balaban J connectivity index is 0.000000190. The van der Waals surface area contributed by atoms with Crippen molar-refractivity contribution in [2.75, 3.05) is 65.4 Å². The minimum absolute atomic E-state index is 0.328. The van der Waals surface area contributed by atoms with Crippen molar-refractivity contribution in [2.24, 2.45) is 0 Å². The van der Waals surface area contributed by atoms with Gasteiger partial charge in [0.1, 0.15) is 11.4 Å². The molecule has 0 aliphatic carbocycles. The van der Waals surface area contributed by atoms with Gasteiger partial charge in [0.2, 0.25) is 0 Å². The van der Waals surface area contributed by atoms with Gasteiger partial charge in [-0.05, 0) is 91.6 Å². The fourth-order valence-corrected chi connectivity index (χ4v) is 10.6. The van der Waals surface area contributed by atoms with Gasteiger partial charge in [0.05, 0.1) is 43.3 Å². The highest BCUT2D eigenvalue weighted by molar-refractivity contribution is 6.38. The lowest BCUT2D eigenvalue weighted by molar-refractivity contribution is -0.138. The van der Waals surface area contributed by atoms with Gasteiger partial charge < -0.3 is 0 Å². The molecule has 2 aromatic heterocycles. The molecular weight excluding hydrogens is 1100 g/mol. The second kappa shape index (κ2) is 25.5. The van der Waals surface area contributed by atoms with Crippen LogP contribution < -0.4 is 0 Å². The third-order valence-electron chi connectivity index (χ3n) is 13.3. The number of benzene rings is 6. The Morgan fingerprint density at radius 1 is 0.436 bits per heavy atom. The van der Waals surface area contributed by atoms with E-state index in [2.05, 4.69) is 75.0 Å². The van der Waals surface area contributed by atoms with Crippen LogP contribution in [0.1, 0.15) is 57.1 Å². The topological polar surface area (TPSA) is 100 Å². The quantitative estimate of drug-likeness (QED) is 0.0979. The molecule has 78 heavy (non-hydrogen) atoms. The van der Waals surface area contributed by atoms with Crippen LogP contribution in [0.3, 0.4) is 0 Å². The summed E-state index contributed by atoms with van der Waals surface area (Å²) in [5.41, 5.74) is 2.42. The number of hydrogen-bond acceptors (Lipinski definition) is 10. The molecule has 22 heteroatoms. The van der Waals surface area contributed by atoms with E-state index < -0.39 is 35.6 Å². The van der Waals surface area contributed by atoms with Crippen molar-refractivity contribution in [3.63, 3.8) is 0 Å². The number of tetrazole rings is 2. The molecule has 2 saturated heterocycles. The van der Waals surface area contributed by atoms with Crippen molar-refractivity contribution in [1.29, 1.82) is 0 Å². The molecule has 2 fully saturated rings. The monoisotopic (exact) mass is 1140 g/mol. The molecule has 10 rings (SSSR count). The van der Waals surface area contributed by atoms with E-state index >= 15 is 0 Å². The second-order valence-corrected chi connectivity index (χ2v) is 20.0. The zero-order valence-corrected chi connectivity index (χ0v) is 44.6. The molecule has 0 spiro atoms. The van der Waals surface area contributed by atoms with Crippen LogP contribution in [0.2, 0.25) is 20.1 Å². The number of hydrogen-bond donors (Lipinski definition) is 0. The molecule has 0 unspecified atom stereocenters. The van der Waals surface area contributed by atoms with Gasteiger partial charge in [0.25, 0.3) is 0 Å². The maximum atomic E-state index is 13.7. The number of piperazine rings is 2. The van der Waals surface area contributed by atoms with Gasteiger partial charge in [-0.3, -0.25) is 19.6 Å². The molecule has 404 valence electrons. The smallest absolute Gasteiger partial charge is 0.297 e. The fraction of sp³-hybridized carbons (Fsp3) is 0.250. The Labute approximate surface area is 466 Å². The maximum absolute atomic E-state index is 13.7. The molecule has 6 aromatic carbocycles. The van der Waals surface area contributed by atoms with Crippen LogP contribution in [0.5, 0.6) is 0 Å². The van der Waals surface area contributed by atoms with Crippen LogP contribution in [-0.2, 0) is 12.4 Å². The summed E-state index contributed by atoms with van der Waals surface area (Å²) < 4.78 is 84.7. The predicted octanol–water partition coefficient (Wildman–Crippen LogP) is 12.8. The van der Waals surface area contributed by atoms with Crippen LogP contribution in [0.15, 0.2) is 158 Å².